The molecule has 0 radical (unpaired) electrons. The molecule has 2 heterocycles. The number of rotatable bonds is 5. The Balaban J connectivity index is 1.25. The summed E-state index contributed by atoms with van der Waals surface area (Å²) in [4.78, 5) is 30.3. The summed E-state index contributed by atoms with van der Waals surface area (Å²) in [5, 5.41) is 0.718. The second kappa shape index (κ2) is 7.98. The van der Waals surface area contributed by atoms with Gasteiger partial charge in [-0.05, 0) is 36.4 Å². The molecule has 0 saturated carbocycles. The molecule has 0 unspecified atom stereocenters. The summed E-state index contributed by atoms with van der Waals surface area (Å²) in [6, 6.07) is 12.8. The maximum atomic E-state index is 12.4. The molecule has 0 spiro atoms. The molecule has 3 aromatic rings. The summed E-state index contributed by atoms with van der Waals surface area (Å²) >= 11 is 5.93. The van der Waals surface area contributed by atoms with Crippen LogP contribution in [0.2, 0.25) is 5.02 Å². The zero-order valence-corrected chi connectivity index (χ0v) is 15.9. The maximum absolute atomic E-state index is 12.4. The fourth-order valence-electron chi connectivity index (χ4n) is 3.30. The number of nitrogens with zero attached hydrogens (tertiary/aromatic N) is 2. The van der Waals surface area contributed by atoms with Crippen molar-refractivity contribution in [3.8, 4) is 5.75 Å². The van der Waals surface area contributed by atoms with Gasteiger partial charge in [0.25, 0.3) is 0 Å². The number of fused-ring (bicyclic) bond motifs is 1. The number of halogens is 1. The Morgan fingerprint density at radius 3 is 2.61 bits per heavy atom. The number of H-pyrrole nitrogens is 1. The van der Waals surface area contributed by atoms with E-state index in [1.807, 2.05) is 29.2 Å². The zero-order chi connectivity index (χ0) is 19.5. The lowest BCUT2D eigenvalue weighted by molar-refractivity contribution is -0.132. The summed E-state index contributed by atoms with van der Waals surface area (Å²) in [6.07, 6.45) is 0.302. The number of carbonyl (C=O) groups is 1. The van der Waals surface area contributed by atoms with Crippen LogP contribution in [0, 0.1) is 0 Å². The molecular formula is C20H20ClN3O4. The molecule has 1 aliphatic rings. The minimum Gasteiger partial charge on any atom is -0.493 e. The molecule has 7 nitrogen and oxygen atoms in total. The van der Waals surface area contributed by atoms with Crippen LogP contribution in [0.5, 0.6) is 5.75 Å². The lowest BCUT2D eigenvalue weighted by Crippen LogP contribution is -2.49. The van der Waals surface area contributed by atoms with Crippen molar-refractivity contribution < 1.29 is 13.9 Å². The van der Waals surface area contributed by atoms with Gasteiger partial charge in [0.05, 0.1) is 18.5 Å². The molecule has 4 rings (SSSR count). The third kappa shape index (κ3) is 4.14. The number of aromatic amines is 1. The molecule has 2 aromatic carbocycles. The van der Waals surface area contributed by atoms with Crippen LogP contribution in [0.15, 0.2) is 51.7 Å². The molecule has 1 N–H and O–H groups in total. The Hall–Kier alpha value is -2.93. The van der Waals surface area contributed by atoms with Crippen LogP contribution in [0.4, 0.5) is 5.69 Å². The first-order chi connectivity index (χ1) is 13.6. The number of hydrogen-bond donors (Lipinski definition) is 1. The molecule has 0 aliphatic carbocycles. The average Bonchev–Trinajstić information content (AvgIpc) is 3.08. The molecule has 1 fully saturated rings. The van der Waals surface area contributed by atoms with Crippen LogP contribution >= 0.6 is 11.6 Å². The van der Waals surface area contributed by atoms with Crippen LogP contribution in [0.25, 0.3) is 11.1 Å². The first-order valence-corrected chi connectivity index (χ1v) is 9.50. The minimum absolute atomic E-state index is 0.0741. The summed E-state index contributed by atoms with van der Waals surface area (Å²) in [5.41, 5.74) is 2.17. The molecule has 8 heteroatoms. The zero-order valence-electron chi connectivity index (χ0n) is 15.2. The highest BCUT2D eigenvalue weighted by molar-refractivity contribution is 6.30. The number of oxazole rings is 1. The fraction of sp³-hybridized carbons (Fsp3) is 0.300. The predicted molar refractivity (Wildman–Crippen MR) is 107 cm³/mol. The molecular weight excluding hydrogens is 382 g/mol. The van der Waals surface area contributed by atoms with E-state index in [0.717, 1.165) is 23.8 Å². The number of aromatic nitrogens is 1. The average molecular weight is 402 g/mol. The van der Waals surface area contributed by atoms with Gasteiger partial charge in [-0.1, -0.05) is 11.6 Å². The van der Waals surface area contributed by atoms with E-state index in [1.165, 1.54) is 0 Å². The minimum atomic E-state index is -0.500. The number of ether oxygens (including phenoxy) is 1. The normalized spacial score (nSPS) is 14.5. The number of anilines is 1. The van der Waals surface area contributed by atoms with Gasteiger partial charge in [-0.15, -0.1) is 0 Å². The van der Waals surface area contributed by atoms with Crippen molar-refractivity contribution in [3.05, 3.63) is 58.0 Å². The highest BCUT2D eigenvalue weighted by Crippen LogP contribution is 2.20. The van der Waals surface area contributed by atoms with E-state index in [4.69, 9.17) is 20.8 Å². The Morgan fingerprint density at radius 2 is 1.86 bits per heavy atom. The molecule has 28 heavy (non-hydrogen) atoms. The van der Waals surface area contributed by atoms with Crippen molar-refractivity contribution in [1.29, 1.82) is 0 Å². The molecule has 1 aliphatic heterocycles. The van der Waals surface area contributed by atoms with Crippen molar-refractivity contribution in [1.82, 2.24) is 9.88 Å². The summed E-state index contributed by atoms with van der Waals surface area (Å²) in [6.45, 7) is 3.22. The standard InChI is InChI=1S/C20H20ClN3O4/c21-14-1-3-15(4-2-14)23-8-10-24(11-9-23)19(25)7-12-27-16-5-6-17-18(13-16)28-20(26)22-17/h1-6,13H,7-12H2,(H,22,26). The number of carbonyl (C=O) groups excluding carboxylic acids is 1. The molecule has 1 aromatic heterocycles. The van der Waals surface area contributed by atoms with Crippen molar-refractivity contribution in [2.24, 2.45) is 0 Å². The number of nitrogens with one attached hydrogen (secondary N) is 1. The largest absolute Gasteiger partial charge is 0.493 e. The van der Waals surface area contributed by atoms with Gasteiger partial charge in [0, 0.05) is 43.0 Å². The first-order valence-electron chi connectivity index (χ1n) is 9.12. The topological polar surface area (TPSA) is 78.8 Å². The quantitative estimate of drug-likeness (QED) is 0.711. The molecule has 0 bridgehead atoms. The summed E-state index contributed by atoms with van der Waals surface area (Å²) in [7, 11) is 0. The highest BCUT2D eigenvalue weighted by atomic mass is 35.5. The second-order valence-corrected chi connectivity index (χ2v) is 7.05. The predicted octanol–water partition coefficient (Wildman–Crippen LogP) is 2.89. The van der Waals surface area contributed by atoms with E-state index in [1.54, 1.807) is 18.2 Å². The lowest BCUT2D eigenvalue weighted by atomic mass is 10.2. The maximum Gasteiger partial charge on any atom is 0.417 e. The third-order valence-corrected chi connectivity index (χ3v) is 5.05. The number of benzene rings is 2. The first kappa shape index (κ1) is 18.4. The summed E-state index contributed by atoms with van der Waals surface area (Å²) in [5.74, 6) is 0.140. The Kier molecular flexibility index (Phi) is 5.25. The Morgan fingerprint density at radius 1 is 1.11 bits per heavy atom. The summed E-state index contributed by atoms with van der Waals surface area (Å²) < 4.78 is 10.6. The van der Waals surface area contributed by atoms with E-state index in [9.17, 15) is 9.59 Å². The van der Waals surface area contributed by atoms with Gasteiger partial charge in [-0.2, -0.15) is 0 Å². The van der Waals surface area contributed by atoms with Gasteiger partial charge in [-0.25, -0.2) is 4.79 Å². The SMILES string of the molecule is O=C(CCOc1ccc2[nH]c(=O)oc2c1)N1CCN(c2ccc(Cl)cc2)CC1. The van der Waals surface area contributed by atoms with Crippen LogP contribution < -0.4 is 15.4 Å². The number of amides is 1. The van der Waals surface area contributed by atoms with Gasteiger partial charge in [0.2, 0.25) is 5.91 Å². The Labute approximate surface area is 166 Å². The molecule has 146 valence electrons. The lowest BCUT2D eigenvalue weighted by Gasteiger charge is -2.36. The number of hydrogen-bond acceptors (Lipinski definition) is 5. The second-order valence-electron chi connectivity index (χ2n) is 6.62. The van der Waals surface area contributed by atoms with Gasteiger partial charge in [0.1, 0.15) is 5.75 Å². The monoisotopic (exact) mass is 401 g/mol. The van der Waals surface area contributed by atoms with Gasteiger partial charge >= 0.3 is 5.76 Å². The highest BCUT2D eigenvalue weighted by Gasteiger charge is 2.21. The van der Waals surface area contributed by atoms with E-state index in [-0.39, 0.29) is 12.5 Å². The van der Waals surface area contributed by atoms with E-state index in [0.29, 0.717) is 36.4 Å². The van der Waals surface area contributed by atoms with Crippen molar-refractivity contribution >= 4 is 34.3 Å². The molecule has 1 amide bonds. The smallest absolute Gasteiger partial charge is 0.417 e. The van der Waals surface area contributed by atoms with E-state index in [2.05, 4.69) is 9.88 Å². The van der Waals surface area contributed by atoms with Gasteiger partial charge in [-0.3, -0.25) is 9.78 Å². The van der Waals surface area contributed by atoms with Crippen LogP contribution in [-0.4, -0.2) is 48.6 Å². The van der Waals surface area contributed by atoms with Crippen molar-refractivity contribution in [2.45, 2.75) is 6.42 Å². The van der Waals surface area contributed by atoms with Crippen LogP contribution in [0.3, 0.4) is 0 Å². The van der Waals surface area contributed by atoms with Gasteiger partial charge in [0.15, 0.2) is 5.58 Å². The Bertz CT molecular complexity index is 1020. The van der Waals surface area contributed by atoms with Crippen molar-refractivity contribution in [3.63, 3.8) is 0 Å². The van der Waals surface area contributed by atoms with E-state index < -0.39 is 5.76 Å². The van der Waals surface area contributed by atoms with Gasteiger partial charge < -0.3 is 19.0 Å². The number of piperazine rings is 1. The van der Waals surface area contributed by atoms with Crippen molar-refractivity contribution in [2.75, 3.05) is 37.7 Å². The molecule has 1 saturated heterocycles. The fourth-order valence-corrected chi connectivity index (χ4v) is 3.42. The van der Waals surface area contributed by atoms with E-state index >= 15 is 0 Å². The van der Waals surface area contributed by atoms with Crippen LogP contribution in [-0.2, 0) is 4.79 Å². The van der Waals surface area contributed by atoms with Crippen LogP contribution in [0.1, 0.15) is 6.42 Å². The third-order valence-electron chi connectivity index (χ3n) is 4.80. The molecule has 0 atom stereocenters.